The Morgan fingerprint density at radius 3 is 1.87 bits per heavy atom. The van der Waals surface area contributed by atoms with Crippen LogP contribution in [-0.2, 0) is 17.9 Å². The molecule has 38 heavy (non-hydrogen) atoms. The van der Waals surface area contributed by atoms with E-state index in [4.69, 9.17) is 11.5 Å². The Morgan fingerprint density at radius 1 is 0.921 bits per heavy atom. The molecule has 0 radical (unpaired) electrons. The molecule has 2 unspecified atom stereocenters. The highest BCUT2D eigenvalue weighted by Crippen LogP contribution is 2.46. The van der Waals surface area contributed by atoms with Gasteiger partial charge in [0.05, 0.1) is 5.69 Å². The van der Waals surface area contributed by atoms with Crippen LogP contribution >= 0.6 is 11.8 Å². The Balaban J connectivity index is 1.83. The molecule has 3 amide bonds. The zero-order valence-electron chi connectivity index (χ0n) is 20.7. The van der Waals surface area contributed by atoms with E-state index in [0.29, 0.717) is 0 Å². The van der Waals surface area contributed by atoms with E-state index in [0.717, 1.165) is 27.2 Å². The number of benzene rings is 1. The lowest BCUT2D eigenvalue weighted by molar-refractivity contribution is -0.123. The van der Waals surface area contributed by atoms with Crippen LogP contribution in [0.2, 0.25) is 0 Å². The Bertz CT molecular complexity index is 1280. The van der Waals surface area contributed by atoms with Gasteiger partial charge in [-0.3, -0.25) is 14.8 Å². The number of nitrogens with one attached hydrogen (secondary N) is 1. The van der Waals surface area contributed by atoms with Gasteiger partial charge in [0.2, 0.25) is 0 Å². The van der Waals surface area contributed by atoms with Crippen LogP contribution in [0, 0.1) is 0 Å². The lowest BCUT2D eigenvalue weighted by Crippen LogP contribution is -2.55. The maximum Gasteiger partial charge on any atom is 0.446 e. The summed E-state index contributed by atoms with van der Waals surface area (Å²) in [6, 6.07) is 7.96. The van der Waals surface area contributed by atoms with Crippen molar-refractivity contribution in [3.8, 4) is 0 Å². The molecule has 5 N–H and O–H groups in total. The summed E-state index contributed by atoms with van der Waals surface area (Å²) < 4.78 is 38.4. The van der Waals surface area contributed by atoms with E-state index < -0.39 is 34.8 Å². The van der Waals surface area contributed by atoms with E-state index in [1.54, 1.807) is 36.9 Å². The number of amides is 3. The first-order chi connectivity index (χ1) is 18.0. The predicted molar refractivity (Wildman–Crippen MR) is 138 cm³/mol. The minimum absolute atomic E-state index is 0.0601. The van der Waals surface area contributed by atoms with Gasteiger partial charge in [-0.2, -0.15) is 13.2 Å². The number of hydrogen-bond acceptors (Lipinski definition) is 7. The molecule has 1 aliphatic heterocycles. The molecule has 200 valence electrons. The SMILES string of the molecule is CC(c1ccncc1CN)C1(C(C)c2ccncc2CN)NC(=O)N(c2ccc(SC(F)(F)F)cc2)C1=O. The fourth-order valence-corrected chi connectivity index (χ4v) is 5.65. The second-order valence-corrected chi connectivity index (χ2v) is 10.1. The Hall–Kier alpha value is -3.48. The standard InChI is InChI=1S/C26H27F3N6O2S/c1-15(21-7-9-32-13-17(21)11-30)25(16(2)22-8-10-33-14-18(22)12-31)23(36)35(24(37)34-25)19-3-5-20(6-4-19)38-26(27,28)29/h3-10,13-16H,11-12,30-31H2,1-2H3,(H,34,37). The smallest absolute Gasteiger partial charge is 0.326 e. The lowest BCUT2D eigenvalue weighted by atomic mass is 9.68. The number of aromatic nitrogens is 2. The number of nitrogens with zero attached hydrogens (tertiary/aromatic N) is 3. The average Bonchev–Trinajstić information content (AvgIpc) is 3.17. The van der Waals surface area contributed by atoms with Gasteiger partial charge in [0.25, 0.3) is 5.91 Å². The predicted octanol–water partition coefficient (Wildman–Crippen LogP) is 4.41. The maximum atomic E-state index is 14.3. The van der Waals surface area contributed by atoms with Crippen LogP contribution in [0.25, 0.3) is 0 Å². The van der Waals surface area contributed by atoms with Crippen molar-refractivity contribution in [2.75, 3.05) is 4.90 Å². The summed E-state index contributed by atoms with van der Waals surface area (Å²) in [6.07, 6.45) is 6.43. The van der Waals surface area contributed by atoms with Gasteiger partial charge in [-0.25, -0.2) is 9.69 Å². The second-order valence-electron chi connectivity index (χ2n) is 8.98. The summed E-state index contributed by atoms with van der Waals surface area (Å²) in [5.74, 6) is -1.68. The number of rotatable bonds is 8. The first-order valence-electron chi connectivity index (χ1n) is 11.8. The van der Waals surface area contributed by atoms with Crippen molar-refractivity contribution in [1.29, 1.82) is 0 Å². The summed E-state index contributed by atoms with van der Waals surface area (Å²) in [5, 5.41) is 2.95. The zero-order chi connectivity index (χ0) is 27.7. The van der Waals surface area contributed by atoms with Gasteiger partial charge in [0, 0.05) is 54.6 Å². The number of thioether (sulfide) groups is 1. The Morgan fingerprint density at radius 2 is 1.42 bits per heavy atom. The Labute approximate surface area is 222 Å². The fourth-order valence-electron chi connectivity index (χ4n) is 5.11. The van der Waals surface area contributed by atoms with E-state index in [9.17, 15) is 22.8 Å². The molecule has 1 saturated heterocycles. The molecule has 2 atom stereocenters. The second kappa shape index (κ2) is 10.7. The third kappa shape index (κ3) is 4.98. The molecule has 0 saturated carbocycles. The van der Waals surface area contributed by atoms with Crippen molar-refractivity contribution in [2.45, 2.75) is 54.7 Å². The van der Waals surface area contributed by atoms with Crippen LogP contribution < -0.4 is 21.7 Å². The molecule has 0 spiro atoms. The number of hydrogen-bond donors (Lipinski definition) is 3. The molecule has 3 heterocycles. The molecule has 1 fully saturated rings. The summed E-state index contributed by atoms with van der Waals surface area (Å²) in [6.45, 7) is 4.01. The number of imide groups is 1. The van der Waals surface area contributed by atoms with Crippen molar-refractivity contribution in [3.63, 3.8) is 0 Å². The van der Waals surface area contributed by atoms with E-state index in [1.807, 2.05) is 13.8 Å². The molecule has 2 aromatic heterocycles. The zero-order valence-corrected chi connectivity index (χ0v) is 21.5. The highest BCUT2D eigenvalue weighted by molar-refractivity contribution is 8.00. The number of halogens is 3. The van der Waals surface area contributed by atoms with Gasteiger partial charge in [-0.15, -0.1) is 0 Å². The van der Waals surface area contributed by atoms with E-state index in [-0.39, 0.29) is 35.4 Å². The first-order valence-corrected chi connectivity index (χ1v) is 12.6. The van der Waals surface area contributed by atoms with Crippen LogP contribution in [0.4, 0.5) is 23.7 Å². The molecule has 12 heteroatoms. The van der Waals surface area contributed by atoms with Crippen LogP contribution in [0.1, 0.15) is 47.9 Å². The van der Waals surface area contributed by atoms with Crippen LogP contribution in [0.15, 0.2) is 66.1 Å². The van der Waals surface area contributed by atoms with Crippen LogP contribution in [0.3, 0.4) is 0 Å². The molecule has 0 aliphatic carbocycles. The topological polar surface area (TPSA) is 127 Å². The van der Waals surface area contributed by atoms with E-state index in [1.165, 1.54) is 24.3 Å². The number of nitrogens with two attached hydrogens (primary N) is 2. The number of carbonyl (C=O) groups excluding carboxylic acids is 2. The van der Waals surface area contributed by atoms with Crippen molar-refractivity contribution in [2.24, 2.45) is 11.5 Å². The van der Waals surface area contributed by atoms with Gasteiger partial charge in [0.1, 0.15) is 5.54 Å². The van der Waals surface area contributed by atoms with E-state index >= 15 is 0 Å². The highest BCUT2D eigenvalue weighted by atomic mass is 32.2. The Kier molecular flexibility index (Phi) is 7.77. The summed E-state index contributed by atoms with van der Waals surface area (Å²) in [4.78, 5) is 37.0. The molecular formula is C26H27F3N6O2S. The number of alkyl halides is 3. The van der Waals surface area contributed by atoms with Gasteiger partial charge >= 0.3 is 11.5 Å². The normalized spacial score (nSPS) is 19.4. The molecule has 4 rings (SSSR count). The van der Waals surface area contributed by atoms with Crippen molar-refractivity contribution in [3.05, 3.63) is 83.4 Å². The fraction of sp³-hybridized carbons (Fsp3) is 0.308. The van der Waals surface area contributed by atoms with Gasteiger partial charge in [0.15, 0.2) is 0 Å². The third-order valence-corrected chi connectivity index (χ3v) is 7.76. The monoisotopic (exact) mass is 544 g/mol. The van der Waals surface area contributed by atoms with Crippen molar-refractivity contribution < 1.29 is 22.8 Å². The minimum Gasteiger partial charge on any atom is -0.326 e. The molecule has 1 aromatic carbocycles. The number of pyridine rings is 2. The third-order valence-electron chi connectivity index (χ3n) is 7.02. The average molecular weight is 545 g/mol. The highest BCUT2D eigenvalue weighted by Gasteiger charge is 2.59. The first kappa shape index (κ1) is 27.6. The minimum atomic E-state index is -4.46. The number of anilines is 1. The molecule has 3 aromatic rings. The summed E-state index contributed by atoms with van der Waals surface area (Å²) >= 11 is -0.274. The number of urea groups is 1. The van der Waals surface area contributed by atoms with Gasteiger partial charge in [-0.05, 0) is 70.4 Å². The van der Waals surface area contributed by atoms with Crippen molar-refractivity contribution in [1.82, 2.24) is 15.3 Å². The van der Waals surface area contributed by atoms with Crippen molar-refractivity contribution >= 4 is 29.4 Å². The van der Waals surface area contributed by atoms with Crippen LogP contribution in [-0.4, -0.2) is 33.0 Å². The summed E-state index contributed by atoms with van der Waals surface area (Å²) in [5.41, 5.74) is 9.08. The lowest BCUT2D eigenvalue weighted by Gasteiger charge is -2.40. The summed E-state index contributed by atoms with van der Waals surface area (Å²) in [7, 11) is 0. The molecule has 8 nitrogen and oxygen atoms in total. The quantitative estimate of drug-likeness (QED) is 0.283. The molecule has 0 bridgehead atoms. The molecular weight excluding hydrogens is 517 g/mol. The van der Waals surface area contributed by atoms with E-state index in [2.05, 4.69) is 15.3 Å². The molecule has 1 aliphatic rings. The van der Waals surface area contributed by atoms with Gasteiger partial charge in [-0.1, -0.05) is 13.8 Å². The largest absolute Gasteiger partial charge is 0.446 e. The van der Waals surface area contributed by atoms with Crippen LogP contribution in [0.5, 0.6) is 0 Å². The maximum absolute atomic E-state index is 14.3. The van der Waals surface area contributed by atoms with Gasteiger partial charge < -0.3 is 16.8 Å². The number of carbonyl (C=O) groups is 2.